The van der Waals surface area contributed by atoms with Crippen LogP contribution in [0.4, 0.5) is 0 Å². The van der Waals surface area contributed by atoms with Crippen LogP contribution in [0.15, 0.2) is 0 Å². The highest BCUT2D eigenvalue weighted by molar-refractivity contribution is 7.81. The largest absolute Gasteiger partial charge is 0.357 e. The van der Waals surface area contributed by atoms with Crippen LogP contribution >= 0.6 is 12.6 Å². The zero-order chi connectivity index (χ0) is 8.74. The maximum Gasteiger partial charge on any atom is 0.212 e. The molecule has 0 bridgehead atoms. The van der Waals surface area contributed by atoms with E-state index in [1.54, 1.807) is 0 Å². The van der Waals surface area contributed by atoms with E-state index in [4.69, 9.17) is 4.74 Å². The third-order valence-electron chi connectivity index (χ3n) is 1.48. The van der Waals surface area contributed by atoms with Crippen molar-refractivity contribution in [2.45, 2.75) is 44.6 Å². The number of ether oxygens (including phenoxy) is 1. The van der Waals surface area contributed by atoms with Gasteiger partial charge in [0, 0.05) is 13.0 Å². The summed E-state index contributed by atoms with van der Waals surface area (Å²) < 4.78 is 5.00. The molecule has 1 unspecified atom stereocenters. The Morgan fingerprint density at radius 1 is 1.36 bits per heavy atom. The van der Waals surface area contributed by atoms with Crippen molar-refractivity contribution in [2.24, 2.45) is 0 Å². The molecule has 1 atom stereocenters. The molecule has 0 aromatic heterocycles. The van der Waals surface area contributed by atoms with Crippen molar-refractivity contribution in [3.05, 3.63) is 0 Å². The van der Waals surface area contributed by atoms with Crippen molar-refractivity contribution < 1.29 is 9.84 Å². The van der Waals surface area contributed by atoms with E-state index >= 15 is 0 Å². The highest BCUT2D eigenvalue weighted by atomic mass is 32.1. The zero-order valence-electron chi connectivity index (χ0n) is 7.34. The van der Waals surface area contributed by atoms with Crippen molar-refractivity contribution in [1.82, 2.24) is 0 Å². The maximum atomic E-state index is 9.38. The Hall–Kier alpha value is 0.270. The van der Waals surface area contributed by atoms with Crippen molar-refractivity contribution in [3.8, 4) is 0 Å². The molecule has 0 heterocycles. The molecule has 0 aliphatic carbocycles. The van der Waals surface area contributed by atoms with Crippen LogP contribution < -0.4 is 0 Å². The van der Waals surface area contributed by atoms with Gasteiger partial charge in [0.2, 0.25) is 5.12 Å². The van der Waals surface area contributed by atoms with Gasteiger partial charge in [-0.1, -0.05) is 19.8 Å². The monoisotopic (exact) mass is 178 g/mol. The van der Waals surface area contributed by atoms with Gasteiger partial charge in [-0.2, -0.15) is 0 Å². The van der Waals surface area contributed by atoms with Crippen molar-refractivity contribution in [2.75, 3.05) is 6.61 Å². The molecule has 0 aliphatic rings. The van der Waals surface area contributed by atoms with Crippen LogP contribution in [0.5, 0.6) is 0 Å². The Labute approximate surface area is 74.4 Å². The second kappa shape index (κ2) is 5.86. The minimum Gasteiger partial charge on any atom is -0.357 e. The quantitative estimate of drug-likeness (QED) is 0.371. The fourth-order valence-corrected chi connectivity index (χ4v) is 1.20. The molecule has 0 radical (unpaired) electrons. The highest BCUT2D eigenvalue weighted by Gasteiger charge is 2.19. The molecule has 0 saturated carbocycles. The third kappa shape index (κ3) is 6.66. The third-order valence-corrected chi connectivity index (χ3v) is 1.83. The predicted octanol–water partition coefficient (Wildman–Crippen LogP) is 2.18. The van der Waals surface area contributed by atoms with Crippen molar-refractivity contribution >= 4 is 12.6 Å². The summed E-state index contributed by atoms with van der Waals surface area (Å²) >= 11 is 3.97. The van der Waals surface area contributed by atoms with Gasteiger partial charge >= 0.3 is 0 Å². The maximum absolute atomic E-state index is 9.38. The zero-order valence-corrected chi connectivity index (χ0v) is 8.23. The molecule has 3 heteroatoms. The van der Waals surface area contributed by atoms with Gasteiger partial charge in [-0.15, -0.1) is 12.6 Å². The molecule has 0 aromatic rings. The van der Waals surface area contributed by atoms with Crippen molar-refractivity contribution in [1.29, 1.82) is 0 Å². The lowest BCUT2D eigenvalue weighted by Gasteiger charge is -2.21. The highest BCUT2D eigenvalue weighted by Crippen LogP contribution is 2.20. The molecule has 0 spiro atoms. The summed E-state index contributed by atoms with van der Waals surface area (Å²) in [5.41, 5.74) is 0. The van der Waals surface area contributed by atoms with Crippen LogP contribution in [0.3, 0.4) is 0 Å². The van der Waals surface area contributed by atoms with E-state index in [2.05, 4.69) is 19.6 Å². The number of rotatable bonds is 6. The molecule has 0 saturated heterocycles. The van der Waals surface area contributed by atoms with Gasteiger partial charge in [0.25, 0.3) is 0 Å². The van der Waals surface area contributed by atoms with Crippen LogP contribution in [-0.4, -0.2) is 16.8 Å². The minimum atomic E-state index is -1.20. The molecular weight excluding hydrogens is 160 g/mol. The normalized spacial score (nSPS) is 16.4. The molecular formula is C8H18O2S. The number of unbranched alkanes of at least 4 members (excludes halogenated alkanes) is 2. The summed E-state index contributed by atoms with van der Waals surface area (Å²) in [4.78, 5) is 0. The SMILES string of the molecule is CCCCCC(O)(S)OCC. The molecule has 11 heavy (non-hydrogen) atoms. The predicted molar refractivity (Wildman–Crippen MR) is 49.7 cm³/mol. The van der Waals surface area contributed by atoms with E-state index in [1.165, 1.54) is 0 Å². The number of aliphatic hydroxyl groups is 1. The van der Waals surface area contributed by atoms with Gasteiger partial charge in [-0.05, 0) is 13.3 Å². The van der Waals surface area contributed by atoms with Gasteiger partial charge < -0.3 is 9.84 Å². The van der Waals surface area contributed by atoms with Gasteiger partial charge in [0.15, 0.2) is 0 Å². The summed E-state index contributed by atoms with van der Waals surface area (Å²) in [6.07, 6.45) is 3.85. The van der Waals surface area contributed by atoms with E-state index < -0.39 is 5.12 Å². The van der Waals surface area contributed by atoms with Crippen LogP contribution in [0.2, 0.25) is 0 Å². The van der Waals surface area contributed by atoms with E-state index in [0.717, 1.165) is 19.3 Å². The van der Waals surface area contributed by atoms with Crippen LogP contribution in [0.25, 0.3) is 0 Å². The standard InChI is InChI=1S/C8H18O2S/c1-3-5-6-7-8(9,11)10-4-2/h9,11H,3-7H2,1-2H3. The summed E-state index contributed by atoms with van der Waals surface area (Å²) in [5.74, 6) is 0. The lowest BCUT2D eigenvalue weighted by Crippen LogP contribution is -2.24. The van der Waals surface area contributed by atoms with E-state index in [1.807, 2.05) is 6.92 Å². The molecule has 0 amide bonds. The smallest absolute Gasteiger partial charge is 0.212 e. The minimum absolute atomic E-state index is 0.506. The topological polar surface area (TPSA) is 29.5 Å². The lowest BCUT2D eigenvalue weighted by atomic mass is 10.2. The lowest BCUT2D eigenvalue weighted by molar-refractivity contribution is -0.130. The summed E-state index contributed by atoms with van der Waals surface area (Å²) in [6.45, 7) is 4.48. The molecule has 0 aromatic carbocycles. The Kier molecular flexibility index (Phi) is 6.01. The molecule has 0 aliphatic heterocycles. The molecule has 0 fully saturated rings. The van der Waals surface area contributed by atoms with Gasteiger partial charge in [0.1, 0.15) is 0 Å². The average molecular weight is 178 g/mol. The first-order chi connectivity index (χ1) is 5.12. The Bertz CT molecular complexity index is 94.1. The second-order valence-electron chi connectivity index (χ2n) is 2.63. The Morgan fingerprint density at radius 2 is 2.00 bits per heavy atom. The van der Waals surface area contributed by atoms with E-state index in [9.17, 15) is 5.11 Å². The molecule has 0 rings (SSSR count). The fourth-order valence-electron chi connectivity index (χ4n) is 0.909. The fraction of sp³-hybridized carbons (Fsp3) is 1.00. The second-order valence-corrected chi connectivity index (χ2v) is 3.33. The first-order valence-electron chi connectivity index (χ1n) is 4.21. The van der Waals surface area contributed by atoms with Gasteiger partial charge in [-0.25, -0.2) is 0 Å². The molecule has 68 valence electrons. The van der Waals surface area contributed by atoms with Crippen molar-refractivity contribution in [3.63, 3.8) is 0 Å². The van der Waals surface area contributed by atoms with Gasteiger partial charge in [0.05, 0.1) is 0 Å². The average Bonchev–Trinajstić information content (AvgIpc) is 1.87. The number of hydrogen-bond donors (Lipinski definition) is 2. The van der Waals surface area contributed by atoms with E-state index in [0.29, 0.717) is 13.0 Å². The summed E-state index contributed by atoms with van der Waals surface area (Å²) in [7, 11) is 0. The number of thiol groups is 1. The van der Waals surface area contributed by atoms with Crippen LogP contribution in [-0.2, 0) is 4.74 Å². The molecule has 2 nitrogen and oxygen atoms in total. The first-order valence-corrected chi connectivity index (χ1v) is 4.65. The van der Waals surface area contributed by atoms with Gasteiger partial charge in [-0.3, -0.25) is 0 Å². The first kappa shape index (κ1) is 11.3. The van der Waals surface area contributed by atoms with Crippen LogP contribution in [0, 0.1) is 0 Å². The summed E-state index contributed by atoms with van der Waals surface area (Å²) in [6, 6.07) is 0. The Morgan fingerprint density at radius 3 is 2.45 bits per heavy atom. The number of hydrogen-bond acceptors (Lipinski definition) is 3. The Balaban J connectivity index is 3.38. The molecule has 1 N–H and O–H groups in total. The summed E-state index contributed by atoms with van der Waals surface area (Å²) in [5, 5.41) is 8.18. The van der Waals surface area contributed by atoms with E-state index in [-0.39, 0.29) is 0 Å². The van der Waals surface area contributed by atoms with Crippen LogP contribution in [0.1, 0.15) is 39.5 Å².